The highest BCUT2D eigenvalue weighted by Gasteiger charge is 2.34. The van der Waals surface area contributed by atoms with Crippen LogP contribution in [0.2, 0.25) is 0 Å². The van der Waals surface area contributed by atoms with Gasteiger partial charge in [-0.25, -0.2) is 0 Å². The summed E-state index contributed by atoms with van der Waals surface area (Å²) >= 11 is 0. The number of hydrogen-bond acceptors (Lipinski definition) is 8. The van der Waals surface area contributed by atoms with Gasteiger partial charge >= 0.3 is 0 Å². The summed E-state index contributed by atoms with van der Waals surface area (Å²) < 4.78 is 26.9. The number of likely N-dealkylation sites (tertiary alicyclic amines) is 1. The molecule has 3 heterocycles. The number of ether oxygens (including phenoxy) is 4. The van der Waals surface area contributed by atoms with E-state index < -0.39 is 0 Å². The van der Waals surface area contributed by atoms with E-state index in [2.05, 4.69) is 10.1 Å². The largest absolute Gasteiger partial charge is 0.497 e. The summed E-state index contributed by atoms with van der Waals surface area (Å²) in [6.45, 7) is 1.23. The van der Waals surface area contributed by atoms with Crippen molar-refractivity contribution >= 4 is 5.91 Å². The molecule has 31 heavy (non-hydrogen) atoms. The lowest BCUT2D eigenvalue weighted by atomic mass is 10.1. The maximum atomic E-state index is 12.6. The third-order valence-corrected chi connectivity index (χ3v) is 5.47. The molecule has 9 heteroatoms. The number of carbonyl (C=O) groups is 1. The van der Waals surface area contributed by atoms with Gasteiger partial charge in [-0.1, -0.05) is 11.2 Å². The van der Waals surface area contributed by atoms with Crippen LogP contribution in [0.1, 0.15) is 23.7 Å². The zero-order valence-electron chi connectivity index (χ0n) is 17.2. The van der Waals surface area contributed by atoms with Crippen molar-refractivity contribution in [3.05, 3.63) is 47.8 Å². The van der Waals surface area contributed by atoms with Crippen LogP contribution in [0.3, 0.4) is 0 Å². The van der Waals surface area contributed by atoms with E-state index in [1.807, 2.05) is 18.2 Å². The molecule has 1 aromatic heterocycles. The number of fused-ring (bicyclic) bond motifs is 1. The van der Waals surface area contributed by atoms with E-state index in [0.29, 0.717) is 54.0 Å². The predicted molar refractivity (Wildman–Crippen MR) is 108 cm³/mol. The number of aromatic nitrogens is 2. The van der Waals surface area contributed by atoms with Crippen LogP contribution < -0.4 is 18.9 Å². The highest BCUT2D eigenvalue weighted by molar-refractivity contribution is 5.79. The number of rotatable bonds is 6. The van der Waals surface area contributed by atoms with Crippen molar-refractivity contribution in [2.75, 3.05) is 27.6 Å². The normalized spacial score (nSPS) is 17.3. The summed E-state index contributed by atoms with van der Waals surface area (Å²) in [6, 6.07) is 11.1. The highest BCUT2D eigenvalue weighted by Crippen LogP contribution is 2.36. The Balaban J connectivity index is 1.31. The first-order chi connectivity index (χ1) is 15.1. The van der Waals surface area contributed by atoms with Crippen LogP contribution in [0.25, 0.3) is 11.5 Å². The highest BCUT2D eigenvalue weighted by atomic mass is 16.7. The number of carbonyl (C=O) groups excluding carboxylic acids is 1. The summed E-state index contributed by atoms with van der Waals surface area (Å²) in [5.74, 6) is 3.44. The van der Waals surface area contributed by atoms with Gasteiger partial charge in [-0.2, -0.15) is 4.98 Å². The minimum atomic E-state index is -0.136. The molecule has 0 saturated carbocycles. The summed E-state index contributed by atoms with van der Waals surface area (Å²) in [6.07, 6.45) is 0.337. The van der Waals surface area contributed by atoms with Crippen molar-refractivity contribution in [1.29, 1.82) is 0 Å². The lowest BCUT2D eigenvalue weighted by molar-refractivity contribution is -0.128. The molecule has 0 radical (unpaired) electrons. The van der Waals surface area contributed by atoms with E-state index in [0.717, 1.165) is 11.3 Å². The molecule has 0 N–H and O–H groups in total. The fourth-order valence-corrected chi connectivity index (χ4v) is 3.84. The minimum absolute atomic E-state index is 0.0519. The lowest BCUT2D eigenvalue weighted by Crippen LogP contribution is -2.24. The average Bonchev–Trinajstić information content (AvgIpc) is 3.53. The molecule has 9 nitrogen and oxygen atoms in total. The van der Waals surface area contributed by atoms with Crippen LogP contribution >= 0.6 is 0 Å². The second kappa shape index (κ2) is 7.82. The van der Waals surface area contributed by atoms with Crippen LogP contribution in [0.5, 0.6) is 23.0 Å². The molecule has 0 spiro atoms. The molecule has 2 aliphatic heterocycles. The minimum Gasteiger partial charge on any atom is -0.497 e. The van der Waals surface area contributed by atoms with Crippen LogP contribution in [0.15, 0.2) is 40.9 Å². The third-order valence-electron chi connectivity index (χ3n) is 5.47. The van der Waals surface area contributed by atoms with Crippen molar-refractivity contribution < 1.29 is 28.3 Å². The second-order valence-electron chi connectivity index (χ2n) is 7.39. The predicted octanol–water partition coefficient (Wildman–Crippen LogP) is 3.00. The molecular weight excluding hydrogens is 402 g/mol. The smallest absolute Gasteiger partial charge is 0.261 e. The van der Waals surface area contributed by atoms with E-state index in [9.17, 15) is 4.79 Å². The quantitative estimate of drug-likeness (QED) is 0.597. The molecule has 1 unspecified atom stereocenters. The fourth-order valence-electron chi connectivity index (χ4n) is 3.84. The van der Waals surface area contributed by atoms with Gasteiger partial charge in [-0.15, -0.1) is 0 Å². The molecule has 3 aromatic rings. The average molecular weight is 423 g/mol. The standard InChI is InChI=1S/C22H21N3O6/c1-27-15-4-5-16(18(9-15)28-2)22-23-21(24-31-22)14-8-20(26)25(11-14)10-13-3-6-17-19(7-13)30-12-29-17/h3-7,9,14H,8,10-12H2,1-2H3. The van der Waals surface area contributed by atoms with Crippen LogP contribution in [-0.4, -0.2) is 48.5 Å². The van der Waals surface area contributed by atoms with E-state index in [1.54, 1.807) is 37.3 Å². The van der Waals surface area contributed by atoms with Crippen LogP contribution in [-0.2, 0) is 11.3 Å². The summed E-state index contributed by atoms with van der Waals surface area (Å²) in [4.78, 5) is 18.9. The molecular formula is C22H21N3O6. The van der Waals surface area contributed by atoms with Crippen LogP contribution in [0.4, 0.5) is 0 Å². The van der Waals surface area contributed by atoms with Crippen molar-refractivity contribution in [1.82, 2.24) is 15.0 Å². The topological polar surface area (TPSA) is 96.2 Å². The van der Waals surface area contributed by atoms with Gasteiger partial charge in [-0.05, 0) is 29.8 Å². The second-order valence-corrected chi connectivity index (χ2v) is 7.39. The van der Waals surface area contributed by atoms with Crippen molar-refractivity contribution in [3.8, 4) is 34.5 Å². The summed E-state index contributed by atoms with van der Waals surface area (Å²) in [5.41, 5.74) is 1.65. The Kier molecular flexibility index (Phi) is 4.85. The van der Waals surface area contributed by atoms with Crippen LogP contribution in [0, 0.1) is 0 Å². The number of amides is 1. The third kappa shape index (κ3) is 3.63. The number of hydrogen-bond donors (Lipinski definition) is 0. The molecule has 5 rings (SSSR count). The van der Waals surface area contributed by atoms with Gasteiger partial charge in [0, 0.05) is 31.5 Å². The van der Waals surface area contributed by atoms with Gasteiger partial charge in [0.1, 0.15) is 11.5 Å². The van der Waals surface area contributed by atoms with E-state index in [-0.39, 0.29) is 18.6 Å². The Hall–Kier alpha value is -3.75. The molecule has 160 valence electrons. The Labute approximate surface area is 178 Å². The van der Waals surface area contributed by atoms with Crippen molar-refractivity contribution in [3.63, 3.8) is 0 Å². The first-order valence-electron chi connectivity index (χ1n) is 9.87. The van der Waals surface area contributed by atoms with Gasteiger partial charge < -0.3 is 28.4 Å². The molecule has 1 fully saturated rings. The van der Waals surface area contributed by atoms with Gasteiger partial charge in [-0.3, -0.25) is 4.79 Å². The molecule has 1 saturated heterocycles. The van der Waals surface area contributed by atoms with Gasteiger partial charge in [0.2, 0.25) is 12.7 Å². The van der Waals surface area contributed by atoms with Crippen molar-refractivity contribution in [2.45, 2.75) is 18.9 Å². The molecule has 0 aliphatic carbocycles. The Morgan fingerprint density at radius 1 is 1.10 bits per heavy atom. The molecule has 1 atom stereocenters. The van der Waals surface area contributed by atoms with E-state index >= 15 is 0 Å². The Bertz CT molecular complexity index is 1130. The molecule has 1 amide bonds. The zero-order valence-corrected chi connectivity index (χ0v) is 17.2. The van der Waals surface area contributed by atoms with E-state index in [1.165, 1.54) is 0 Å². The maximum Gasteiger partial charge on any atom is 0.261 e. The number of benzene rings is 2. The molecule has 0 bridgehead atoms. The zero-order chi connectivity index (χ0) is 21.4. The first-order valence-corrected chi connectivity index (χ1v) is 9.87. The van der Waals surface area contributed by atoms with Gasteiger partial charge in [0.15, 0.2) is 17.3 Å². The molecule has 2 aliphatic rings. The SMILES string of the molecule is COc1ccc(-c2nc(C3CC(=O)N(Cc4ccc5c(c4)OCO5)C3)no2)c(OC)c1. The van der Waals surface area contributed by atoms with Gasteiger partial charge in [0.05, 0.1) is 19.8 Å². The van der Waals surface area contributed by atoms with Gasteiger partial charge in [0.25, 0.3) is 5.89 Å². The lowest BCUT2D eigenvalue weighted by Gasteiger charge is -2.16. The Morgan fingerprint density at radius 2 is 1.97 bits per heavy atom. The maximum absolute atomic E-state index is 12.6. The fraction of sp³-hybridized carbons (Fsp3) is 0.318. The first kappa shape index (κ1) is 19.2. The Morgan fingerprint density at radius 3 is 2.81 bits per heavy atom. The van der Waals surface area contributed by atoms with Crippen molar-refractivity contribution in [2.24, 2.45) is 0 Å². The number of methoxy groups -OCH3 is 2. The monoisotopic (exact) mass is 423 g/mol. The summed E-state index contributed by atoms with van der Waals surface area (Å²) in [7, 11) is 3.16. The summed E-state index contributed by atoms with van der Waals surface area (Å²) in [5, 5.41) is 4.13. The molecule has 2 aromatic carbocycles. The van der Waals surface area contributed by atoms with E-state index in [4.69, 9.17) is 23.5 Å². The number of nitrogens with zero attached hydrogens (tertiary/aromatic N) is 3.